The molecule has 2 aliphatic rings. The van der Waals surface area contributed by atoms with Crippen LogP contribution in [-0.4, -0.2) is 18.6 Å². The molecule has 2 atom stereocenters. The van der Waals surface area contributed by atoms with Gasteiger partial charge in [-0.15, -0.1) is 12.4 Å². The molecule has 0 aliphatic heterocycles. The maximum atomic E-state index is 11.5. The lowest BCUT2D eigenvalue weighted by Crippen LogP contribution is -2.34. The summed E-state index contributed by atoms with van der Waals surface area (Å²) in [5, 5.41) is 0. The normalized spacial score (nSPS) is 21.9. The Hall–Kier alpha value is -2.04. The van der Waals surface area contributed by atoms with Gasteiger partial charge in [0.15, 0.2) is 0 Å². The highest BCUT2D eigenvalue weighted by atomic mass is 35.5. The molecule has 0 saturated heterocycles. The van der Waals surface area contributed by atoms with Gasteiger partial charge in [-0.1, -0.05) is 36.4 Å². The van der Waals surface area contributed by atoms with Gasteiger partial charge in [0, 0.05) is 12.0 Å². The lowest BCUT2D eigenvalue weighted by Gasteiger charge is -2.32. The molecular formula is C23H29ClN2O2. The van der Waals surface area contributed by atoms with Gasteiger partial charge in [0.1, 0.15) is 5.75 Å². The van der Waals surface area contributed by atoms with Crippen LogP contribution in [0.15, 0.2) is 48.5 Å². The Morgan fingerprint density at radius 3 is 2.57 bits per heavy atom. The molecule has 1 amide bonds. The molecule has 0 bridgehead atoms. The second-order valence-corrected chi connectivity index (χ2v) is 8.10. The minimum absolute atomic E-state index is 0. The van der Waals surface area contributed by atoms with Crippen LogP contribution in [-0.2, 0) is 17.6 Å². The standard InChI is InChI=1S/C23H28N2O2.ClH/c24-21-9-7-17-6-8-18(27-13-12-23(10-11-23)22(25)26)15-19(17)20(21)14-16-4-2-1-3-5-16;/h1-6,8,15,20-21H,7,9-14,24H2,(H2,25,26);1H. The molecule has 0 heterocycles. The minimum atomic E-state index is -0.313. The summed E-state index contributed by atoms with van der Waals surface area (Å²) in [6, 6.07) is 17.1. The fraction of sp³-hybridized carbons (Fsp3) is 0.435. The van der Waals surface area contributed by atoms with Crippen molar-refractivity contribution in [1.29, 1.82) is 0 Å². The number of hydrogen-bond acceptors (Lipinski definition) is 3. The van der Waals surface area contributed by atoms with Crippen LogP contribution in [0.25, 0.3) is 0 Å². The van der Waals surface area contributed by atoms with Crippen molar-refractivity contribution in [2.24, 2.45) is 16.9 Å². The number of fused-ring (bicyclic) bond motifs is 1. The van der Waals surface area contributed by atoms with Gasteiger partial charge in [0.2, 0.25) is 5.91 Å². The molecular weight excluding hydrogens is 372 g/mol. The smallest absolute Gasteiger partial charge is 0.223 e. The molecule has 2 aromatic carbocycles. The van der Waals surface area contributed by atoms with Gasteiger partial charge in [-0.2, -0.15) is 0 Å². The molecule has 28 heavy (non-hydrogen) atoms. The van der Waals surface area contributed by atoms with Gasteiger partial charge in [-0.25, -0.2) is 0 Å². The molecule has 1 saturated carbocycles. The van der Waals surface area contributed by atoms with E-state index in [-0.39, 0.29) is 29.8 Å². The first-order valence-electron chi connectivity index (χ1n) is 9.92. The van der Waals surface area contributed by atoms with Crippen LogP contribution in [0.1, 0.15) is 48.3 Å². The van der Waals surface area contributed by atoms with Crippen LogP contribution in [0.4, 0.5) is 0 Å². The van der Waals surface area contributed by atoms with Gasteiger partial charge < -0.3 is 16.2 Å². The number of rotatable bonds is 7. The van der Waals surface area contributed by atoms with E-state index in [9.17, 15) is 4.79 Å². The minimum Gasteiger partial charge on any atom is -0.494 e. The van der Waals surface area contributed by atoms with E-state index in [1.807, 2.05) is 12.1 Å². The number of carbonyl (C=O) groups excluding carboxylic acids is 1. The number of ether oxygens (including phenoxy) is 1. The Morgan fingerprint density at radius 1 is 1.14 bits per heavy atom. The number of nitrogens with two attached hydrogens (primary N) is 2. The zero-order valence-corrected chi connectivity index (χ0v) is 16.9. The Bertz CT molecular complexity index is 821. The van der Waals surface area contributed by atoms with E-state index < -0.39 is 0 Å². The van der Waals surface area contributed by atoms with Crippen LogP contribution in [0.2, 0.25) is 0 Å². The quantitative estimate of drug-likeness (QED) is 0.743. The summed E-state index contributed by atoms with van der Waals surface area (Å²) in [7, 11) is 0. The summed E-state index contributed by atoms with van der Waals surface area (Å²) < 4.78 is 5.98. The van der Waals surface area contributed by atoms with E-state index >= 15 is 0 Å². The fourth-order valence-corrected chi connectivity index (χ4v) is 4.25. The summed E-state index contributed by atoms with van der Waals surface area (Å²) >= 11 is 0. The Kier molecular flexibility index (Phi) is 6.31. The molecule has 2 aliphatic carbocycles. The van der Waals surface area contributed by atoms with Crippen molar-refractivity contribution in [2.75, 3.05) is 6.61 Å². The predicted molar refractivity (Wildman–Crippen MR) is 114 cm³/mol. The van der Waals surface area contributed by atoms with Gasteiger partial charge >= 0.3 is 0 Å². The van der Waals surface area contributed by atoms with Crippen LogP contribution in [0.5, 0.6) is 5.75 Å². The third kappa shape index (κ3) is 4.34. The van der Waals surface area contributed by atoms with Crippen molar-refractivity contribution in [3.05, 3.63) is 65.2 Å². The number of primary amides is 1. The van der Waals surface area contributed by atoms with Crippen LogP contribution in [0, 0.1) is 5.41 Å². The van der Waals surface area contributed by atoms with E-state index in [0.717, 1.165) is 37.9 Å². The number of benzene rings is 2. The topological polar surface area (TPSA) is 78.3 Å². The fourth-order valence-electron chi connectivity index (χ4n) is 4.25. The van der Waals surface area contributed by atoms with Crippen LogP contribution >= 0.6 is 12.4 Å². The Morgan fingerprint density at radius 2 is 1.89 bits per heavy atom. The second kappa shape index (κ2) is 8.54. The molecule has 5 heteroatoms. The molecule has 0 aromatic heterocycles. The summed E-state index contributed by atoms with van der Waals surface area (Å²) in [6.07, 6.45) is 5.47. The number of halogens is 1. The van der Waals surface area contributed by atoms with Gasteiger partial charge in [-0.3, -0.25) is 4.79 Å². The summed E-state index contributed by atoms with van der Waals surface area (Å²) in [6.45, 7) is 0.525. The molecule has 4 N–H and O–H groups in total. The average molecular weight is 401 g/mol. The number of amides is 1. The van der Waals surface area contributed by atoms with Crippen LogP contribution in [0.3, 0.4) is 0 Å². The first kappa shape index (κ1) is 20.7. The highest BCUT2D eigenvalue weighted by Crippen LogP contribution is 2.48. The van der Waals surface area contributed by atoms with E-state index in [4.69, 9.17) is 16.2 Å². The van der Waals surface area contributed by atoms with Gasteiger partial charge in [0.05, 0.1) is 12.0 Å². The molecule has 2 aromatic rings. The van der Waals surface area contributed by atoms with Crippen LogP contribution < -0.4 is 16.2 Å². The first-order chi connectivity index (χ1) is 13.1. The van der Waals surface area contributed by atoms with Crippen molar-refractivity contribution < 1.29 is 9.53 Å². The lowest BCUT2D eigenvalue weighted by molar-refractivity contribution is -0.123. The van der Waals surface area contributed by atoms with Gasteiger partial charge in [-0.05, 0) is 67.3 Å². The monoisotopic (exact) mass is 400 g/mol. The highest BCUT2D eigenvalue weighted by molar-refractivity contribution is 5.85. The maximum absolute atomic E-state index is 11.5. The Labute approximate surface area is 173 Å². The van der Waals surface area contributed by atoms with E-state index in [1.165, 1.54) is 16.7 Å². The lowest BCUT2D eigenvalue weighted by atomic mass is 9.76. The molecule has 1 fully saturated rings. The SMILES string of the molecule is Cl.NC(=O)C1(CCOc2ccc3c(c2)C(Cc2ccccc2)C(N)CC3)CC1. The summed E-state index contributed by atoms with van der Waals surface area (Å²) in [5.41, 5.74) is 15.7. The van der Waals surface area contributed by atoms with Crippen molar-refractivity contribution in [3.63, 3.8) is 0 Å². The molecule has 150 valence electrons. The average Bonchev–Trinajstić information content (AvgIpc) is 3.46. The number of carbonyl (C=O) groups is 1. The summed E-state index contributed by atoms with van der Waals surface area (Å²) in [4.78, 5) is 11.5. The third-order valence-corrected chi connectivity index (χ3v) is 6.30. The number of hydrogen-bond donors (Lipinski definition) is 2. The third-order valence-electron chi connectivity index (χ3n) is 6.30. The largest absolute Gasteiger partial charge is 0.494 e. The molecule has 4 nitrogen and oxygen atoms in total. The van der Waals surface area contributed by atoms with Gasteiger partial charge in [0.25, 0.3) is 0 Å². The summed E-state index contributed by atoms with van der Waals surface area (Å²) in [5.74, 6) is 0.978. The van der Waals surface area contributed by atoms with Crippen molar-refractivity contribution in [2.45, 2.75) is 50.5 Å². The zero-order chi connectivity index (χ0) is 18.9. The van der Waals surface area contributed by atoms with Crippen molar-refractivity contribution in [1.82, 2.24) is 0 Å². The second-order valence-electron chi connectivity index (χ2n) is 8.10. The van der Waals surface area contributed by atoms with E-state index in [1.54, 1.807) is 0 Å². The zero-order valence-electron chi connectivity index (χ0n) is 16.1. The highest BCUT2D eigenvalue weighted by Gasteiger charge is 2.48. The molecule has 4 rings (SSSR count). The first-order valence-corrected chi connectivity index (χ1v) is 9.92. The molecule has 0 radical (unpaired) electrons. The molecule has 0 spiro atoms. The predicted octanol–water partition coefficient (Wildman–Crippen LogP) is 3.74. The Balaban J connectivity index is 0.00000225. The number of aryl methyl sites for hydroxylation is 1. The van der Waals surface area contributed by atoms with E-state index in [2.05, 4.69) is 36.4 Å². The maximum Gasteiger partial charge on any atom is 0.223 e. The van der Waals surface area contributed by atoms with E-state index in [0.29, 0.717) is 18.9 Å². The van der Waals surface area contributed by atoms with Crippen molar-refractivity contribution in [3.8, 4) is 5.75 Å². The molecule has 2 unspecified atom stereocenters. The van der Waals surface area contributed by atoms with Crippen molar-refractivity contribution >= 4 is 18.3 Å².